The first kappa shape index (κ1) is 24.9. The summed E-state index contributed by atoms with van der Waals surface area (Å²) in [6.07, 6.45) is 6.97. The number of phenolic OH excluding ortho intramolecular Hbond substituents is 1. The summed E-state index contributed by atoms with van der Waals surface area (Å²) in [7, 11) is 0. The van der Waals surface area contributed by atoms with Gasteiger partial charge < -0.3 is 20.3 Å². The van der Waals surface area contributed by atoms with Crippen LogP contribution in [0.25, 0.3) is 10.9 Å². The second-order valence-electron chi connectivity index (χ2n) is 9.25. The number of fused-ring (bicyclic) bond motifs is 1. The van der Waals surface area contributed by atoms with Gasteiger partial charge in [-0.15, -0.1) is 0 Å². The number of nitrogens with zero attached hydrogens (tertiary/aromatic N) is 1. The molecule has 1 aliphatic carbocycles. The lowest BCUT2D eigenvalue weighted by atomic mass is 9.93. The molecule has 1 saturated carbocycles. The molecule has 185 valence electrons. The van der Waals surface area contributed by atoms with E-state index < -0.39 is 0 Å². The van der Waals surface area contributed by atoms with E-state index in [9.17, 15) is 19.1 Å². The quantitative estimate of drug-likeness (QED) is 0.383. The predicted octanol–water partition coefficient (Wildman–Crippen LogP) is 4.10. The molecule has 2 aromatic carbocycles. The Labute approximate surface area is 205 Å². The number of hydrogen-bond acceptors (Lipinski definition) is 4. The second-order valence-corrected chi connectivity index (χ2v) is 9.25. The number of aromatic hydroxyl groups is 1. The molecule has 35 heavy (non-hydrogen) atoms. The van der Waals surface area contributed by atoms with Gasteiger partial charge in [0.2, 0.25) is 11.5 Å². The maximum atomic E-state index is 14.0. The molecule has 4 rings (SSSR count). The molecule has 0 bridgehead atoms. The molecule has 0 unspecified atom stereocenters. The lowest BCUT2D eigenvalue weighted by molar-refractivity contribution is -0.134. The predicted molar refractivity (Wildman–Crippen MR) is 135 cm³/mol. The Morgan fingerprint density at radius 3 is 2.71 bits per heavy atom. The smallest absolute Gasteiger partial charge is 0.248 e. The summed E-state index contributed by atoms with van der Waals surface area (Å²) in [6.45, 7) is 2.00. The van der Waals surface area contributed by atoms with Crippen molar-refractivity contribution in [2.45, 2.75) is 57.4 Å². The van der Waals surface area contributed by atoms with E-state index >= 15 is 0 Å². The minimum absolute atomic E-state index is 0.0598. The number of H-pyrrole nitrogens is 1. The Bertz CT molecular complexity index is 1200. The van der Waals surface area contributed by atoms with Crippen LogP contribution in [0.5, 0.6) is 5.75 Å². The van der Waals surface area contributed by atoms with Crippen LogP contribution in [0.1, 0.15) is 49.7 Å². The minimum Gasteiger partial charge on any atom is -0.506 e. The molecular formula is C28H33FN3O3. The summed E-state index contributed by atoms with van der Waals surface area (Å²) in [4.78, 5) is 29.4. The number of benzene rings is 2. The summed E-state index contributed by atoms with van der Waals surface area (Å²) in [6, 6.07) is 14.3. The molecule has 1 fully saturated rings. The molecule has 1 aromatic heterocycles. The number of carbonyl (C=O) groups excluding carboxylic acids is 1. The van der Waals surface area contributed by atoms with Gasteiger partial charge in [0.1, 0.15) is 11.6 Å². The molecule has 1 heterocycles. The molecule has 0 atom stereocenters. The van der Waals surface area contributed by atoms with E-state index in [2.05, 4.69) is 16.4 Å². The first-order valence-electron chi connectivity index (χ1n) is 12.5. The molecular weight excluding hydrogens is 445 g/mol. The van der Waals surface area contributed by atoms with Gasteiger partial charge in [0, 0.05) is 37.0 Å². The van der Waals surface area contributed by atoms with Crippen LogP contribution in [-0.2, 0) is 17.6 Å². The van der Waals surface area contributed by atoms with Crippen molar-refractivity contribution in [1.29, 1.82) is 0 Å². The average molecular weight is 479 g/mol. The van der Waals surface area contributed by atoms with Crippen molar-refractivity contribution in [3.63, 3.8) is 0 Å². The Balaban J connectivity index is 1.32. The summed E-state index contributed by atoms with van der Waals surface area (Å²) >= 11 is 0. The lowest BCUT2D eigenvalue weighted by Gasteiger charge is -2.34. The van der Waals surface area contributed by atoms with Crippen LogP contribution in [-0.4, -0.2) is 46.6 Å². The Morgan fingerprint density at radius 2 is 1.91 bits per heavy atom. The number of aromatic amines is 1. The number of aromatic nitrogens is 1. The number of carbonyl (C=O) groups is 1. The fraction of sp³-hybridized carbons (Fsp3) is 0.429. The van der Waals surface area contributed by atoms with Gasteiger partial charge in [-0.1, -0.05) is 37.5 Å². The first-order valence-corrected chi connectivity index (χ1v) is 12.5. The molecule has 0 aliphatic heterocycles. The summed E-state index contributed by atoms with van der Waals surface area (Å²) in [5.41, 5.74) is 1.80. The van der Waals surface area contributed by atoms with Gasteiger partial charge in [0.05, 0.1) is 5.52 Å². The van der Waals surface area contributed by atoms with Gasteiger partial charge in [-0.25, -0.2) is 4.39 Å². The number of rotatable bonds is 10. The highest BCUT2D eigenvalue weighted by Gasteiger charge is 2.25. The number of hydrogen-bond donors (Lipinski definition) is 3. The van der Waals surface area contributed by atoms with Gasteiger partial charge >= 0.3 is 0 Å². The lowest BCUT2D eigenvalue weighted by Crippen LogP contribution is -2.45. The Kier molecular flexibility index (Phi) is 8.53. The number of nitrogens with one attached hydrogen (secondary N) is 2. The van der Waals surface area contributed by atoms with Crippen LogP contribution in [0.4, 0.5) is 4.39 Å². The van der Waals surface area contributed by atoms with Crippen LogP contribution in [0.15, 0.2) is 47.3 Å². The van der Waals surface area contributed by atoms with E-state index in [0.29, 0.717) is 43.6 Å². The number of amides is 1. The van der Waals surface area contributed by atoms with Crippen molar-refractivity contribution in [2.75, 3.05) is 19.6 Å². The summed E-state index contributed by atoms with van der Waals surface area (Å²) in [5.74, 6) is -0.166. The zero-order valence-corrected chi connectivity index (χ0v) is 20.0. The maximum absolute atomic E-state index is 14.0. The Morgan fingerprint density at radius 1 is 1.09 bits per heavy atom. The minimum atomic E-state index is -0.308. The second kappa shape index (κ2) is 12.0. The normalized spacial score (nSPS) is 14.3. The van der Waals surface area contributed by atoms with E-state index in [1.54, 1.807) is 24.3 Å². The van der Waals surface area contributed by atoms with E-state index in [1.807, 2.05) is 11.0 Å². The molecule has 6 nitrogen and oxygen atoms in total. The van der Waals surface area contributed by atoms with Crippen LogP contribution >= 0.6 is 0 Å². The van der Waals surface area contributed by atoms with Crippen molar-refractivity contribution in [2.24, 2.45) is 0 Å². The van der Waals surface area contributed by atoms with E-state index in [0.717, 1.165) is 43.1 Å². The fourth-order valence-corrected chi connectivity index (χ4v) is 5.00. The van der Waals surface area contributed by atoms with Gasteiger partial charge in [-0.3, -0.25) is 9.59 Å². The SMILES string of the molecule is O=C(CCc1cc[c]cc1F)N(CCNCCc1ccc(O)c2[nH]c(=O)ccc12)C1CCCCC1. The highest BCUT2D eigenvalue weighted by atomic mass is 19.1. The topological polar surface area (TPSA) is 85.4 Å². The zero-order chi connectivity index (χ0) is 24.6. The van der Waals surface area contributed by atoms with E-state index in [4.69, 9.17) is 0 Å². The molecule has 1 aliphatic rings. The van der Waals surface area contributed by atoms with Gasteiger partial charge in [0.15, 0.2) is 0 Å². The van der Waals surface area contributed by atoms with Gasteiger partial charge in [0.25, 0.3) is 0 Å². The number of halogens is 1. The first-order chi connectivity index (χ1) is 17.0. The summed E-state index contributed by atoms with van der Waals surface area (Å²) < 4.78 is 14.0. The third kappa shape index (κ3) is 6.48. The Hall–Kier alpha value is -3.19. The number of aryl methyl sites for hydroxylation is 1. The maximum Gasteiger partial charge on any atom is 0.248 e. The molecule has 3 aromatic rings. The standard InChI is InChI=1S/C28H33FN3O3/c29-24-9-5-4-6-21(24)11-15-27(35)32(22-7-2-1-3-8-22)19-18-30-17-16-20-10-13-25(33)28-23(20)12-14-26(34)31-28/h4,6,9-10,12-14,22,30,33H,1-3,7-8,11,15-19H2,(H,31,34). The number of phenols is 1. The highest BCUT2D eigenvalue weighted by Crippen LogP contribution is 2.25. The van der Waals surface area contributed by atoms with Gasteiger partial charge in [-0.05, 0) is 67.6 Å². The molecule has 0 spiro atoms. The third-order valence-electron chi connectivity index (χ3n) is 6.91. The molecule has 7 heteroatoms. The van der Waals surface area contributed by atoms with Gasteiger partial charge in [-0.2, -0.15) is 0 Å². The number of pyridine rings is 1. The average Bonchev–Trinajstić information content (AvgIpc) is 2.87. The van der Waals surface area contributed by atoms with E-state index in [-0.39, 0.29) is 29.1 Å². The van der Waals surface area contributed by atoms with Crippen LogP contribution in [0.2, 0.25) is 0 Å². The zero-order valence-electron chi connectivity index (χ0n) is 20.0. The fourth-order valence-electron chi connectivity index (χ4n) is 5.00. The van der Waals surface area contributed by atoms with Crippen LogP contribution in [0, 0.1) is 11.9 Å². The monoisotopic (exact) mass is 478 g/mol. The van der Waals surface area contributed by atoms with Crippen molar-refractivity contribution < 1.29 is 14.3 Å². The van der Waals surface area contributed by atoms with E-state index in [1.165, 1.54) is 18.6 Å². The largest absolute Gasteiger partial charge is 0.506 e. The molecule has 1 amide bonds. The van der Waals surface area contributed by atoms with Crippen molar-refractivity contribution in [3.8, 4) is 5.75 Å². The molecule has 3 N–H and O–H groups in total. The summed E-state index contributed by atoms with van der Waals surface area (Å²) in [5, 5.41) is 14.3. The van der Waals surface area contributed by atoms with Crippen LogP contribution in [0.3, 0.4) is 0 Å². The van der Waals surface area contributed by atoms with Crippen molar-refractivity contribution in [1.82, 2.24) is 15.2 Å². The van der Waals surface area contributed by atoms with Crippen LogP contribution < -0.4 is 10.9 Å². The molecule has 0 saturated heterocycles. The van der Waals surface area contributed by atoms with Crippen molar-refractivity contribution in [3.05, 3.63) is 75.8 Å². The van der Waals surface area contributed by atoms with Crippen molar-refractivity contribution >= 4 is 16.8 Å². The molecule has 1 radical (unpaired) electrons. The third-order valence-corrected chi connectivity index (χ3v) is 6.91. The highest BCUT2D eigenvalue weighted by molar-refractivity contribution is 5.87.